The smallest absolute Gasteiger partial charge is 0.242 e. The quantitative estimate of drug-likeness (QED) is 0.909. The van der Waals surface area contributed by atoms with Gasteiger partial charge in [0.1, 0.15) is 4.90 Å². The number of sulfonamides is 1. The molecule has 0 aliphatic rings. The molecule has 0 radical (unpaired) electrons. The van der Waals surface area contributed by atoms with E-state index in [4.69, 9.17) is 0 Å². The number of aromatic nitrogens is 1. The standard InChI is InChI=1S/C14H17N3O2S/c1-17(2)13-7-5-12(6-8-13)10-16-20(18,19)14-4-3-9-15-11-14/h3-9,11,16H,10H2,1-2H3. The summed E-state index contributed by atoms with van der Waals surface area (Å²) in [7, 11) is 0.409. The molecule has 0 aliphatic carbocycles. The molecule has 1 aromatic carbocycles. The third-order valence-electron chi connectivity index (χ3n) is 2.86. The summed E-state index contributed by atoms with van der Waals surface area (Å²) in [5.74, 6) is 0. The molecule has 2 rings (SSSR count). The molecule has 0 fully saturated rings. The molecule has 0 unspecified atom stereocenters. The van der Waals surface area contributed by atoms with E-state index in [1.54, 1.807) is 12.3 Å². The van der Waals surface area contributed by atoms with Crippen molar-refractivity contribution in [3.63, 3.8) is 0 Å². The molecule has 1 N–H and O–H groups in total. The van der Waals surface area contributed by atoms with Crippen molar-refractivity contribution < 1.29 is 8.42 Å². The van der Waals surface area contributed by atoms with Gasteiger partial charge in [0.25, 0.3) is 0 Å². The van der Waals surface area contributed by atoms with E-state index in [9.17, 15) is 8.42 Å². The number of pyridine rings is 1. The molecule has 0 amide bonds. The lowest BCUT2D eigenvalue weighted by Gasteiger charge is -2.13. The van der Waals surface area contributed by atoms with Crippen LogP contribution in [0.25, 0.3) is 0 Å². The zero-order valence-corrected chi connectivity index (χ0v) is 12.3. The van der Waals surface area contributed by atoms with E-state index in [0.29, 0.717) is 0 Å². The Morgan fingerprint density at radius 2 is 1.85 bits per heavy atom. The molecular weight excluding hydrogens is 274 g/mol. The number of nitrogens with zero attached hydrogens (tertiary/aromatic N) is 2. The van der Waals surface area contributed by atoms with Gasteiger partial charge >= 0.3 is 0 Å². The van der Waals surface area contributed by atoms with Crippen LogP contribution in [0.2, 0.25) is 0 Å². The van der Waals surface area contributed by atoms with Gasteiger partial charge in [-0.25, -0.2) is 13.1 Å². The number of rotatable bonds is 5. The van der Waals surface area contributed by atoms with Gasteiger partial charge in [-0.05, 0) is 29.8 Å². The van der Waals surface area contributed by atoms with Gasteiger partial charge in [0.15, 0.2) is 0 Å². The van der Waals surface area contributed by atoms with Crippen LogP contribution >= 0.6 is 0 Å². The summed E-state index contributed by atoms with van der Waals surface area (Å²) < 4.78 is 26.6. The maximum Gasteiger partial charge on any atom is 0.242 e. The van der Waals surface area contributed by atoms with E-state index in [1.165, 1.54) is 12.3 Å². The average Bonchev–Trinajstić information content (AvgIpc) is 2.46. The largest absolute Gasteiger partial charge is 0.378 e. The molecule has 0 bridgehead atoms. The summed E-state index contributed by atoms with van der Waals surface area (Å²) in [6.45, 7) is 0.255. The molecular formula is C14H17N3O2S. The van der Waals surface area contributed by atoms with Crippen LogP contribution in [0.5, 0.6) is 0 Å². The summed E-state index contributed by atoms with van der Waals surface area (Å²) in [6.07, 6.45) is 2.87. The fourth-order valence-electron chi connectivity index (χ4n) is 1.68. The highest BCUT2D eigenvalue weighted by molar-refractivity contribution is 7.89. The normalized spacial score (nSPS) is 11.3. The monoisotopic (exact) mass is 291 g/mol. The van der Waals surface area contributed by atoms with Crippen molar-refractivity contribution >= 4 is 15.7 Å². The minimum absolute atomic E-state index is 0.171. The molecule has 0 spiro atoms. The number of anilines is 1. The van der Waals surface area contributed by atoms with Crippen molar-refractivity contribution in [3.05, 3.63) is 54.4 Å². The zero-order chi connectivity index (χ0) is 14.6. The Morgan fingerprint density at radius 1 is 1.15 bits per heavy atom. The Labute approximate surface area is 119 Å². The van der Waals surface area contributed by atoms with Crippen molar-refractivity contribution in [2.45, 2.75) is 11.4 Å². The van der Waals surface area contributed by atoms with Gasteiger partial charge in [0.2, 0.25) is 10.0 Å². The van der Waals surface area contributed by atoms with Crippen LogP contribution in [-0.2, 0) is 16.6 Å². The lowest BCUT2D eigenvalue weighted by atomic mass is 10.2. The molecule has 6 heteroatoms. The van der Waals surface area contributed by atoms with Crippen molar-refractivity contribution in [1.29, 1.82) is 0 Å². The van der Waals surface area contributed by atoms with Crippen LogP contribution in [-0.4, -0.2) is 27.5 Å². The number of hydrogen-bond donors (Lipinski definition) is 1. The van der Waals surface area contributed by atoms with Gasteiger partial charge < -0.3 is 4.90 Å². The minimum Gasteiger partial charge on any atom is -0.378 e. The van der Waals surface area contributed by atoms with Crippen molar-refractivity contribution in [3.8, 4) is 0 Å². The Hall–Kier alpha value is -1.92. The molecule has 1 heterocycles. The first-order valence-electron chi connectivity index (χ1n) is 6.15. The molecule has 5 nitrogen and oxygen atoms in total. The Balaban J connectivity index is 2.05. The van der Waals surface area contributed by atoms with Crippen molar-refractivity contribution in [2.24, 2.45) is 0 Å². The second-order valence-corrected chi connectivity index (χ2v) is 6.34. The minimum atomic E-state index is -3.51. The van der Waals surface area contributed by atoms with Gasteiger partial charge in [0, 0.05) is 38.7 Å². The summed E-state index contributed by atoms with van der Waals surface area (Å²) >= 11 is 0. The highest BCUT2D eigenvalue weighted by Crippen LogP contribution is 2.13. The highest BCUT2D eigenvalue weighted by Gasteiger charge is 2.13. The molecule has 0 saturated carbocycles. The molecule has 0 atom stereocenters. The first-order valence-corrected chi connectivity index (χ1v) is 7.63. The maximum atomic E-state index is 12.0. The maximum absolute atomic E-state index is 12.0. The summed E-state index contributed by atoms with van der Waals surface area (Å²) in [5, 5.41) is 0. The van der Waals surface area contributed by atoms with Crippen LogP contribution in [0.3, 0.4) is 0 Å². The van der Waals surface area contributed by atoms with Crippen LogP contribution in [0.1, 0.15) is 5.56 Å². The Kier molecular flexibility index (Phi) is 4.36. The fraction of sp³-hybridized carbons (Fsp3) is 0.214. The molecule has 0 aliphatic heterocycles. The molecule has 1 aromatic heterocycles. The first kappa shape index (κ1) is 14.5. The number of hydrogen-bond acceptors (Lipinski definition) is 4. The Morgan fingerprint density at radius 3 is 2.40 bits per heavy atom. The van der Waals surface area contributed by atoms with E-state index in [1.807, 2.05) is 43.3 Å². The average molecular weight is 291 g/mol. The van der Waals surface area contributed by atoms with E-state index in [0.717, 1.165) is 11.3 Å². The SMILES string of the molecule is CN(C)c1ccc(CNS(=O)(=O)c2cccnc2)cc1. The number of nitrogens with one attached hydrogen (secondary N) is 1. The van der Waals surface area contributed by atoms with Crippen LogP contribution in [0, 0.1) is 0 Å². The molecule has 106 valence electrons. The van der Waals surface area contributed by atoms with Gasteiger partial charge in [-0.2, -0.15) is 0 Å². The second-order valence-electron chi connectivity index (χ2n) is 4.57. The van der Waals surface area contributed by atoms with Crippen LogP contribution in [0.4, 0.5) is 5.69 Å². The molecule has 0 saturated heterocycles. The number of benzene rings is 1. The van der Waals surface area contributed by atoms with Crippen molar-refractivity contribution in [1.82, 2.24) is 9.71 Å². The predicted molar refractivity (Wildman–Crippen MR) is 79.0 cm³/mol. The fourth-order valence-corrected chi connectivity index (χ4v) is 2.66. The molecule has 2 aromatic rings. The topological polar surface area (TPSA) is 62.3 Å². The van der Waals surface area contributed by atoms with E-state index < -0.39 is 10.0 Å². The van der Waals surface area contributed by atoms with Gasteiger partial charge in [0.05, 0.1) is 0 Å². The summed E-state index contributed by atoms with van der Waals surface area (Å²) in [6, 6.07) is 10.8. The van der Waals surface area contributed by atoms with Gasteiger partial charge in [-0.15, -0.1) is 0 Å². The van der Waals surface area contributed by atoms with E-state index in [-0.39, 0.29) is 11.4 Å². The van der Waals surface area contributed by atoms with E-state index >= 15 is 0 Å². The highest BCUT2D eigenvalue weighted by atomic mass is 32.2. The lowest BCUT2D eigenvalue weighted by Crippen LogP contribution is -2.23. The zero-order valence-electron chi connectivity index (χ0n) is 11.4. The predicted octanol–water partition coefficient (Wildman–Crippen LogP) is 1.63. The van der Waals surface area contributed by atoms with Crippen LogP contribution in [0.15, 0.2) is 53.7 Å². The second kappa shape index (κ2) is 6.02. The first-order chi connectivity index (χ1) is 9.49. The van der Waals surface area contributed by atoms with E-state index in [2.05, 4.69) is 9.71 Å². The van der Waals surface area contributed by atoms with Gasteiger partial charge in [-0.1, -0.05) is 12.1 Å². The van der Waals surface area contributed by atoms with Gasteiger partial charge in [-0.3, -0.25) is 4.98 Å². The lowest BCUT2D eigenvalue weighted by molar-refractivity contribution is 0.581. The summed E-state index contributed by atoms with van der Waals surface area (Å²) in [5.41, 5.74) is 1.98. The third kappa shape index (κ3) is 3.55. The molecule has 20 heavy (non-hydrogen) atoms. The van der Waals surface area contributed by atoms with Crippen LogP contribution < -0.4 is 9.62 Å². The Bertz CT molecular complexity index is 653. The summed E-state index contributed by atoms with van der Waals surface area (Å²) in [4.78, 5) is 5.97. The third-order valence-corrected chi connectivity index (χ3v) is 4.25. The van der Waals surface area contributed by atoms with Crippen molar-refractivity contribution in [2.75, 3.05) is 19.0 Å².